The Kier molecular flexibility index (Phi) is 14.2. The second-order valence-corrected chi connectivity index (χ2v) is 13.5. The Labute approximate surface area is 265 Å². The fourth-order valence-corrected chi connectivity index (χ4v) is 4.79. The lowest BCUT2D eigenvalue weighted by molar-refractivity contribution is -0.121. The van der Waals surface area contributed by atoms with Crippen molar-refractivity contribution in [2.75, 3.05) is 26.2 Å². The van der Waals surface area contributed by atoms with E-state index in [-0.39, 0.29) is 18.0 Å². The molecule has 2 fully saturated rings. The van der Waals surface area contributed by atoms with Gasteiger partial charge in [-0.2, -0.15) is 0 Å². The van der Waals surface area contributed by atoms with Crippen molar-refractivity contribution in [2.24, 2.45) is 0 Å². The molecule has 0 aromatic heterocycles. The van der Waals surface area contributed by atoms with Gasteiger partial charge in [0.25, 0.3) is 0 Å². The van der Waals surface area contributed by atoms with Gasteiger partial charge in [0.1, 0.15) is 17.0 Å². The summed E-state index contributed by atoms with van der Waals surface area (Å²) in [5.41, 5.74) is 0.797. The molecular formula is C34H49BrN2O6. The maximum Gasteiger partial charge on any atom is 0.410 e. The van der Waals surface area contributed by atoms with E-state index >= 15 is 0 Å². The molecular weight excluding hydrogens is 612 g/mol. The number of hydrogen-bond acceptors (Lipinski definition) is 6. The lowest BCUT2D eigenvalue weighted by Crippen LogP contribution is -2.49. The molecule has 0 unspecified atom stereocenters. The van der Waals surface area contributed by atoms with Crippen molar-refractivity contribution in [3.05, 3.63) is 71.8 Å². The number of alkyl halides is 1. The first-order valence-corrected chi connectivity index (χ1v) is 16.0. The van der Waals surface area contributed by atoms with Gasteiger partial charge in [-0.1, -0.05) is 76.6 Å². The van der Waals surface area contributed by atoms with Crippen LogP contribution in [0.15, 0.2) is 60.7 Å². The van der Waals surface area contributed by atoms with Gasteiger partial charge in [-0.3, -0.25) is 4.79 Å². The first kappa shape index (κ1) is 36.3. The van der Waals surface area contributed by atoms with Crippen LogP contribution in [-0.2, 0) is 26.0 Å². The summed E-state index contributed by atoms with van der Waals surface area (Å²) in [5, 5.41) is 11.6. The zero-order valence-corrected chi connectivity index (χ0v) is 28.2. The number of Topliss-reactive ketones (excluding diaryl/α,β-unsaturated/α-hetero) is 1. The number of hydrogen-bond donors (Lipinski definition) is 1. The highest BCUT2D eigenvalue weighted by atomic mass is 79.9. The van der Waals surface area contributed by atoms with Crippen LogP contribution in [-0.4, -0.2) is 75.9 Å². The summed E-state index contributed by atoms with van der Waals surface area (Å²) in [6.45, 7) is 13.2. The number of aliphatic hydroxyl groups is 1. The zero-order chi connectivity index (χ0) is 32.1. The first-order valence-electron chi connectivity index (χ1n) is 14.9. The molecule has 0 spiro atoms. The molecule has 0 atom stereocenters. The van der Waals surface area contributed by atoms with Crippen molar-refractivity contribution in [2.45, 2.75) is 95.8 Å². The Balaban J connectivity index is 0.000000251. The normalized spacial score (nSPS) is 16.6. The Morgan fingerprint density at radius 1 is 0.744 bits per heavy atom. The first-order chi connectivity index (χ1) is 20.1. The lowest BCUT2D eigenvalue weighted by atomic mass is 9.85. The third-order valence-corrected chi connectivity index (χ3v) is 7.34. The van der Waals surface area contributed by atoms with Crippen LogP contribution in [0.3, 0.4) is 0 Å². The van der Waals surface area contributed by atoms with E-state index in [0.717, 1.165) is 10.9 Å². The number of halogens is 1. The molecule has 2 aliphatic rings. The van der Waals surface area contributed by atoms with Crippen LogP contribution in [0, 0.1) is 0 Å². The lowest BCUT2D eigenvalue weighted by Gasteiger charge is -2.38. The highest BCUT2D eigenvalue weighted by molar-refractivity contribution is 9.08. The van der Waals surface area contributed by atoms with E-state index in [4.69, 9.17) is 9.47 Å². The third-order valence-electron chi connectivity index (χ3n) is 6.69. The Morgan fingerprint density at radius 2 is 1.14 bits per heavy atom. The van der Waals surface area contributed by atoms with Crippen molar-refractivity contribution in [3.63, 3.8) is 0 Å². The van der Waals surface area contributed by atoms with E-state index in [1.165, 1.54) is 5.56 Å². The summed E-state index contributed by atoms with van der Waals surface area (Å²) in [5.74, 6) is 0.227. The molecule has 0 aliphatic carbocycles. The van der Waals surface area contributed by atoms with Crippen molar-refractivity contribution in [3.8, 4) is 0 Å². The molecule has 238 valence electrons. The fourth-order valence-electron chi connectivity index (χ4n) is 4.42. The number of piperidine rings is 2. The Hall–Kier alpha value is -2.91. The predicted molar refractivity (Wildman–Crippen MR) is 173 cm³/mol. The molecule has 2 amide bonds. The number of carbonyl (C=O) groups excluding carboxylic acids is 3. The molecule has 2 saturated heterocycles. The molecule has 1 N–H and O–H groups in total. The SMILES string of the molecule is BrCc1ccccc1.CC(C)(C)OC(=O)N1CCC(=O)CC1.CC(C)(C)OC(=O)N1CCC(O)(Cc2ccccc2)CC1. The third kappa shape index (κ3) is 14.9. The van der Waals surface area contributed by atoms with Gasteiger partial charge in [0.2, 0.25) is 0 Å². The van der Waals surface area contributed by atoms with Crippen LogP contribution >= 0.6 is 15.9 Å². The molecule has 2 aromatic rings. The van der Waals surface area contributed by atoms with E-state index in [1.54, 1.807) is 9.80 Å². The maximum absolute atomic E-state index is 12.0. The zero-order valence-electron chi connectivity index (χ0n) is 26.6. The molecule has 0 bridgehead atoms. The Morgan fingerprint density at radius 3 is 1.51 bits per heavy atom. The fraction of sp³-hybridized carbons (Fsp3) is 0.559. The minimum absolute atomic E-state index is 0.227. The average molecular weight is 662 g/mol. The number of likely N-dealkylation sites (tertiary alicyclic amines) is 2. The number of carbonyl (C=O) groups is 3. The van der Waals surface area contributed by atoms with E-state index in [9.17, 15) is 19.5 Å². The summed E-state index contributed by atoms with van der Waals surface area (Å²) in [6, 6.07) is 20.3. The molecule has 8 nitrogen and oxygen atoms in total. The van der Waals surface area contributed by atoms with Gasteiger partial charge in [0.15, 0.2) is 0 Å². The maximum atomic E-state index is 12.0. The second kappa shape index (κ2) is 16.8. The van der Waals surface area contributed by atoms with Crippen LogP contribution in [0.2, 0.25) is 0 Å². The predicted octanol–water partition coefficient (Wildman–Crippen LogP) is 7.16. The van der Waals surface area contributed by atoms with Gasteiger partial charge in [-0.15, -0.1) is 0 Å². The largest absolute Gasteiger partial charge is 0.444 e. The second-order valence-electron chi connectivity index (χ2n) is 13.0. The molecule has 2 heterocycles. The topological polar surface area (TPSA) is 96.4 Å². The molecule has 2 aromatic carbocycles. The minimum Gasteiger partial charge on any atom is -0.444 e. The van der Waals surface area contributed by atoms with Crippen LogP contribution in [0.5, 0.6) is 0 Å². The van der Waals surface area contributed by atoms with Crippen molar-refractivity contribution in [1.29, 1.82) is 0 Å². The number of ether oxygens (including phenoxy) is 2. The highest BCUT2D eigenvalue weighted by Gasteiger charge is 2.35. The van der Waals surface area contributed by atoms with Gasteiger partial charge in [-0.25, -0.2) is 9.59 Å². The van der Waals surface area contributed by atoms with E-state index in [2.05, 4.69) is 28.1 Å². The van der Waals surface area contributed by atoms with Crippen molar-refractivity contribution >= 4 is 33.9 Å². The van der Waals surface area contributed by atoms with Crippen LogP contribution in [0.1, 0.15) is 78.4 Å². The molecule has 0 radical (unpaired) electrons. The average Bonchev–Trinajstić information content (AvgIpc) is 2.93. The van der Waals surface area contributed by atoms with Crippen LogP contribution < -0.4 is 0 Å². The number of rotatable bonds is 3. The summed E-state index contributed by atoms with van der Waals surface area (Å²) < 4.78 is 10.6. The van der Waals surface area contributed by atoms with Crippen molar-refractivity contribution < 1.29 is 29.0 Å². The molecule has 0 saturated carbocycles. The quantitative estimate of drug-likeness (QED) is 0.351. The molecule has 43 heavy (non-hydrogen) atoms. The van der Waals surface area contributed by atoms with Gasteiger partial charge in [-0.05, 0) is 65.5 Å². The summed E-state index contributed by atoms with van der Waals surface area (Å²) >= 11 is 3.36. The molecule has 9 heteroatoms. The van der Waals surface area contributed by atoms with Gasteiger partial charge < -0.3 is 24.4 Å². The number of amides is 2. The Bertz CT molecular complexity index is 1130. The van der Waals surface area contributed by atoms with E-state index in [0.29, 0.717) is 58.3 Å². The summed E-state index contributed by atoms with van der Waals surface area (Å²) in [7, 11) is 0. The highest BCUT2D eigenvalue weighted by Crippen LogP contribution is 2.27. The van der Waals surface area contributed by atoms with E-state index < -0.39 is 16.8 Å². The molecule has 2 aliphatic heterocycles. The van der Waals surface area contributed by atoms with E-state index in [1.807, 2.05) is 90.1 Å². The summed E-state index contributed by atoms with van der Waals surface area (Å²) in [4.78, 5) is 37.7. The van der Waals surface area contributed by atoms with Crippen LogP contribution in [0.4, 0.5) is 9.59 Å². The van der Waals surface area contributed by atoms with Crippen molar-refractivity contribution in [1.82, 2.24) is 9.80 Å². The van der Waals surface area contributed by atoms with Gasteiger partial charge in [0, 0.05) is 50.8 Å². The number of nitrogens with zero attached hydrogens (tertiary/aromatic N) is 2. The monoisotopic (exact) mass is 660 g/mol. The smallest absolute Gasteiger partial charge is 0.410 e. The van der Waals surface area contributed by atoms with Crippen LogP contribution in [0.25, 0.3) is 0 Å². The number of ketones is 1. The van der Waals surface area contributed by atoms with Gasteiger partial charge >= 0.3 is 12.2 Å². The minimum atomic E-state index is -0.722. The molecule has 4 rings (SSSR count). The standard InChI is InChI=1S/C17H25NO3.C10H17NO3.C7H7Br/c1-16(2,3)21-15(19)18-11-9-17(20,10-12-18)13-14-7-5-4-6-8-14;1-10(2,3)14-9(13)11-6-4-8(12)5-7-11;8-6-7-4-2-1-3-5-7/h4-8,20H,9-13H2,1-3H3;4-7H2,1-3H3;1-5H,6H2. The van der Waals surface area contributed by atoms with Gasteiger partial charge in [0.05, 0.1) is 5.60 Å². The summed E-state index contributed by atoms with van der Waals surface area (Å²) in [6.07, 6.45) is 2.12. The number of benzene rings is 2.